The average Bonchev–Trinajstić information content (AvgIpc) is 2.28. The van der Waals surface area contributed by atoms with Crippen LogP contribution in [-0.2, 0) is 9.84 Å². The van der Waals surface area contributed by atoms with E-state index >= 15 is 0 Å². The van der Waals surface area contributed by atoms with Gasteiger partial charge >= 0.3 is 0 Å². The van der Waals surface area contributed by atoms with E-state index in [1.165, 1.54) is 19.1 Å². The molecule has 0 aliphatic rings. The third-order valence-corrected chi connectivity index (χ3v) is 6.59. The van der Waals surface area contributed by atoms with Crippen molar-refractivity contribution in [2.24, 2.45) is 0 Å². The molecule has 3 nitrogen and oxygen atoms in total. The second kappa shape index (κ2) is 5.22. The summed E-state index contributed by atoms with van der Waals surface area (Å²) in [6, 6.07) is 4.84. The van der Waals surface area contributed by atoms with Gasteiger partial charge in [-0.05, 0) is 24.3 Å². The van der Waals surface area contributed by atoms with Gasteiger partial charge in [-0.15, -0.1) is 0 Å². The number of rotatable bonds is 4. The van der Waals surface area contributed by atoms with Crippen LogP contribution >= 0.6 is 22.6 Å². The van der Waals surface area contributed by atoms with Gasteiger partial charge in [0.15, 0.2) is 18.9 Å². The van der Waals surface area contributed by atoms with Crippen LogP contribution < -0.4 is 0 Å². The van der Waals surface area contributed by atoms with E-state index in [2.05, 4.69) is 0 Å². The zero-order valence-corrected chi connectivity index (χ0v) is 11.5. The molecule has 16 heavy (non-hydrogen) atoms. The van der Waals surface area contributed by atoms with Crippen molar-refractivity contribution in [2.75, 3.05) is 5.75 Å². The highest BCUT2D eigenvalue weighted by atomic mass is 127. The molecule has 0 amide bonds. The van der Waals surface area contributed by atoms with Crippen molar-refractivity contribution in [3.05, 3.63) is 35.6 Å². The summed E-state index contributed by atoms with van der Waals surface area (Å²) in [5.74, 6) is -1.06. The molecule has 0 aliphatic carbocycles. The van der Waals surface area contributed by atoms with E-state index in [-0.39, 0.29) is 11.3 Å². The normalized spacial score (nSPS) is 13.4. The molecular formula is C10H10FIO3S. The Morgan fingerprint density at radius 2 is 1.88 bits per heavy atom. The number of carbonyl (C=O) groups excluding carboxylic acids is 1. The third-order valence-electron chi connectivity index (χ3n) is 2.05. The molecule has 88 valence electrons. The van der Waals surface area contributed by atoms with Crippen LogP contribution in [0.3, 0.4) is 0 Å². The Morgan fingerprint density at radius 3 is 2.31 bits per heavy atom. The minimum atomic E-state index is -3.41. The lowest BCUT2D eigenvalue weighted by molar-refractivity contribution is 0.101. The highest BCUT2D eigenvalue weighted by molar-refractivity contribution is 14.1. The number of hydrogen-bond acceptors (Lipinski definition) is 3. The molecule has 6 heteroatoms. The van der Waals surface area contributed by atoms with E-state index in [4.69, 9.17) is 0 Å². The molecule has 0 unspecified atom stereocenters. The quantitative estimate of drug-likeness (QED) is 0.472. The smallest absolute Gasteiger partial charge is 0.190 e. The molecule has 1 rings (SSSR count). The molecule has 0 bridgehead atoms. The summed E-state index contributed by atoms with van der Waals surface area (Å²) in [5, 5.41) is 0. The maximum absolute atomic E-state index is 12.6. The minimum absolute atomic E-state index is 0.0897. The Hall–Kier alpha value is -0.500. The summed E-state index contributed by atoms with van der Waals surface area (Å²) in [7, 11) is -3.41. The molecule has 0 heterocycles. The highest BCUT2D eigenvalue weighted by Gasteiger charge is 2.28. The monoisotopic (exact) mass is 356 g/mol. The number of alkyl halides is 1. The van der Waals surface area contributed by atoms with Gasteiger partial charge in [0.05, 0.1) is 0 Å². The van der Waals surface area contributed by atoms with Crippen LogP contribution in [0.15, 0.2) is 24.3 Å². The van der Waals surface area contributed by atoms with Crippen molar-refractivity contribution >= 4 is 38.2 Å². The summed E-state index contributed by atoms with van der Waals surface area (Å²) in [4.78, 5) is 11.8. The van der Waals surface area contributed by atoms with Gasteiger partial charge in [0.25, 0.3) is 0 Å². The topological polar surface area (TPSA) is 51.2 Å². The van der Waals surface area contributed by atoms with Gasteiger partial charge in [-0.2, -0.15) is 0 Å². The SMILES string of the molecule is CCS(=O)(=O)[C@H](I)C(=O)c1ccc(F)cc1. The Morgan fingerprint density at radius 1 is 1.38 bits per heavy atom. The Kier molecular flexibility index (Phi) is 4.43. The van der Waals surface area contributed by atoms with Gasteiger partial charge in [0, 0.05) is 11.3 Å². The first-order valence-corrected chi connectivity index (χ1v) is 7.50. The standard InChI is InChI=1S/C10H10FIO3S/c1-2-16(14,15)10(12)9(13)7-3-5-8(11)6-4-7/h3-6,10H,2H2,1H3/t10-/m0/s1. The van der Waals surface area contributed by atoms with Crippen LogP contribution in [0.2, 0.25) is 0 Å². The molecule has 1 atom stereocenters. The Labute approximate surface area is 107 Å². The highest BCUT2D eigenvalue weighted by Crippen LogP contribution is 2.17. The van der Waals surface area contributed by atoms with Crippen molar-refractivity contribution in [3.63, 3.8) is 0 Å². The molecule has 0 saturated carbocycles. The van der Waals surface area contributed by atoms with Crippen LogP contribution in [0.25, 0.3) is 0 Å². The van der Waals surface area contributed by atoms with E-state index in [1.807, 2.05) is 0 Å². The van der Waals surface area contributed by atoms with Crippen LogP contribution in [0.1, 0.15) is 17.3 Å². The molecule has 1 aromatic rings. The summed E-state index contributed by atoms with van der Waals surface area (Å²) in [6.07, 6.45) is 0. The zero-order valence-electron chi connectivity index (χ0n) is 8.48. The van der Waals surface area contributed by atoms with E-state index in [1.54, 1.807) is 22.6 Å². The van der Waals surface area contributed by atoms with Gasteiger partial charge in [-0.3, -0.25) is 4.79 Å². The largest absolute Gasteiger partial charge is 0.292 e. The van der Waals surface area contributed by atoms with E-state index in [0.717, 1.165) is 12.1 Å². The number of Topliss-reactive ketones (excluding diaryl/α,β-unsaturated/α-hetero) is 1. The van der Waals surface area contributed by atoms with Crippen LogP contribution in [0, 0.1) is 5.82 Å². The predicted octanol–water partition coefficient (Wildman–Crippen LogP) is 2.20. The second-order valence-corrected chi connectivity index (χ2v) is 7.60. The molecule has 0 saturated heterocycles. The van der Waals surface area contributed by atoms with Crippen molar-refractivity contribution in [1.82, 2.24) is 0 Å². The number of carbonyl (C=O) groups is 1. The summed E-state index contributed by atoms with van der Waals surface area (Å²) in [6.45, 7) is 1.49. The van der Waals surface area contributed by atoms with E-state index in [0.29, 0.717) is 0 Å². The lowest BCUT2D eigenvalue weighted by Crippen LogP contribution is -2.25. The van der Waals surface area contributed by atoms with E-state index < -0.39 is 24.7 Å². The zero-order chi connectivity index (χ0) is 12.3. The van der Waals surface area contributed by atoms with Gasteiger partial charge in [-0.1, -0.05) is 29.5 Å². The summed E-state index contributed by atoms with van der Waals surface area (Å²) < 4.78 is 34.5. The summed E-state index contributed by atoms with van der Waals surface area (Å²) >= 11 is 1.59. The number of benzene rings is 1. The molecule has 0 aliphatic heterocycles. The fourth-order valence-corrected chi connectivity index (χ4v) is 3.25. The molecule has 1 aromatic carbocycles. The third kappa shape index (κ3) is 3.00. The fourth-order valence-electron chi connectivity index (χ4n) is 1.05. The van der Waals surface area contributed by atoms with E-state index in [9.17, 15) is 17.6 Å². The molecule has 0 radical (unpaired) electrons. The molecule has 0 spiro atoms. The number of sulfone groups is 1. The lowest BCUT2D eigenvalue weighted by Gasteiger charge is -2.08. The lowest BCUT2D eigenvalue weighted by atomic mass is 10.1. The maximum atomic E-state index is 12.6. The van der Waals surface area contributed by atoms with Gasteiger partial charge in [-0.25, -0.2) is 12.8 Å². The first-order chi connectivity index (χ1) is 7.38. The van der Waals surface area contributed by atoms with Crippen LogP contribution in [0.4, 0.5) is 4.39 Å². The average molecular weight is 356 g/mol. The fraction of sp³-hybridized carbons (Fsp3) is 0.300. The first-order valence-electron chi connectivity index (χ1n) is 4.54. The predicted molar refractivity (Wildman–Crippen MR) is 68.0 cm³/mol. The number of hydrogen-bond donors (Lipinski definition) is 0. The second-order valence-electron chi connectivity index (χ2n) is 3.14. The van der Waals surface area contributed by atoms with Crippen molar-refractivity contribution < 1.29 is 17.6 Å². The van der Waals surface area contributed by atoms with Crippen molar-refractivity contribution in [2.45, 2.75) is 10.2 Å². The van der Waals surface area contributed by atoms with Crippen molar-refractivity contribution in [3.8, 4) is 0 Å². The molecular weight excluding hydrogens is 346 g/mol. The van der Waals surface area contributed by atoms with Gasteiger partial charge in [0.2, 0.25) is 0 Å². The first kappa shape index (κ1) is 13.6. The Balaban J connectivity index is 2.99. The molecule has 0 N–H and O–H groups in total. The van der Waals surface area contributed by atoms with Gasteiger partial charge < -0.3 is 0 Å². The number of halogens is 2. The van der Waals surface area contributed by atoms with Gasteiger partial charge in [0.1, 0.15) is 5.82 Å². The summed E-state index contributed by atoms with van der Waals surface area (Å²) in [5.41, 5.74) is 0.206. The molecule has 0 aromatic heterocycles. The maximum Gasteiger partial charge on any atom is 0.190 e. The minimum Gasteiger partial charge on any atom is -0.292 e. The van der Waals surface area contributed by atoms with Crippen molar-refractivity contribution in [1.29, 1.82) is 0 Å². The number of ketones is 1. The molecule has 0 fully saturated rings. The van der Waals surface area contributed by atoms with Crippen LogP contribution in [-0.4, -0.2) is 23.2 Å². The van der Waals surface area contributed by atoms with Crippen LogP contribution in [0.5, 0.6) is 0 Å². The Bertz CT molecular complexity index is 481.